The second-order valence-corrected chi connectivity index (χ2v) is 5.07. The van der Waals surface area contributed by atoms with Crippen LogP contribution in [0.5, 0.6) is 5.75 Å². The summed E-state index contributed by atoms with van der Waals surface area (Å²) in [6.45, 7) is 3.75. The van der Waals surface area contributed by atoms with Gasteiger partial charge in [-0.2, -0.15) is 0 Å². The van der Waals surface area contributed by atoms with Gasteiger partial charge in [-0.15, -0.1) is 0 Å². The zero-order valence-electron chi connectivity index (χ0n) is 11.0. The molecule has 0 atom stereocenters. The van der Waals surface area contributed by atoms with Crippen molar-refractivity contribution < 1.29 is 9.90 Å². The fourth-order valence-corrected chi connectivity index (χ4v) is 2.43. The van der Waals surface area contributed by atoms with Crippen LogP contribution in [0.15, 0.2) is 18.2 Å². The standard InChI is InChI=1S/C15H21NO2/c1-12-5-6-13(14(17)11-12)7-8-15(18)16-9-3-2-4-10-16/h5-6,11,17H,2-4,7-10H2,1H3. The number of likely N-dealkylation sites (tertiary alicyclic amines) is 1. The molecule has 0 unspecified atom stereocenters. The number of piperidine rings is 1. The van der Waals surface area contributed by atoms with Gasteiger partial charge < -0.3 is 10.0 Å². The molecule has 1 aromatic rings. The molecule has 0 aliphatic carbocycles. The third-order valence-corrected chi connectivity index (χ3v) is 3.56. The Kier molecular flexibility index (Phi) is 4.24. The minimum absolute atomic E-state index is 0.217. The van der Waals surface area contributed by atoms with Gasteiger partial charge in [-0.25, -0.2) is 0 Å². The van der Waals surface area contributed by atoms with Crippen LogP contribution in [0, 0.1) is 6.92 Å². The van der Waals surface area contributed by atoms with Gasteiger partial charge in [-0.3, -0.25) is 4.79 Å². The van der Waals surface area contributed by atoms with Gasteiger partial charge in [0.2, 0.25) is 5.91 Å². The largest absolute Gasteiger partial charge is 0.508 e. The van der Waals surface area contributed by atoms with Gasteiger partial charge in [-0.05, 0) is 49.8 Å². The first-order valence-electron chi connectivity index (χ1n) is 6.73. The molecule has 98 valence electrons. The van der Waals surface area contributed by atoms with E-state index in [1.807, 2.05) is 24.0 Å². The zero-order chi connectivity index (χ0) is 13.0. The fourth-order valence-electron chi connectivity index (χ4n) is 2.43. The molecule has 1 aromatic carbocycles. The third-order valence-electron chi connectivity index (χ3n) is 3.56. The Balaban J connectivity index is 1.88. The van der Waals surface area contributed by atoms with Gasteiger partial charge in [0.15, 0.2) is 0 Å². The molecule has 0 aromatic heterocycles. The third kappa shape index (κ3) is 3.25. The molecule has 1 fully saturated rings. The predicted molar refractivity (Wildman–Crippen MR) is 71.6 cm³/mol. The Labute approximate surface area is 108 Å². The number of hydrogen-bond acceptors (Lipinski definition) is 2. The Morgan fingerprint density at radius 1 is 1.28 bits per heavy atom. The lowest BCUT2D eigenvalue weighted by Crippen LogP contribution is -2.35. The van der Waals surface area contributed by atoms with Crippen molar-refractivity contribution >= 4 is 5.91 Å². The predicted octanol–water partition coefficient (Wildman–Crippen LogP) is 2.65. The monoisotopic (exact) mass is 247 g/mol. The van der Waals surface area contributed by atoms with Crippen LogP contribution in [0.25, 0.3) is 0 Å². The van der Waals surface area contributed by atoms with Crippen molar-refractivity contribution in [2.45, 2.75) is 39.0 Å². The molecule has 2 rings (SSSR count). The van der Waals surface area contributed by atoms with Crippen LogP contribution in [0.3, 0.4) is 0 Å². The first-order valence-corrected chi connectivity index (χ1v) is 6.73. The highest BCUT2D eigenvalue weighted by molar-refractivity contribution is 5.76. The average Bonchev–Trinajstić information content (AvgIpc) is 2.38. The number of amides is 1. The van der Waals surface area contributed by atoms with E-state index in [9.17, 15) is 9.90 Å². The van der Waals surface area contributed by atoms with E-state index in [1.165, 1.54) is 6.42 Å². The van der Waals surface area contributed by atoms with E-state index < -0.39 is 0 Å². The highest BCUT2D eigenvalue weighted by Gasteiger charge is 2.16. The van der Waals surface area contributed by atoms with Crippen LogP contribution < -0.4 is 0 Å². The van der Waals surface area contributed by atoms with Crippen LogP contribution in [0.1, 0.15) is 36.8 Å². The Hall–Kier alpha value is -1.51. The van der Waals surface area contributed by atoms with E-state index in [-0.39, 0.29) is 5.91 Å². The molecule has 0 radical (unpaired) electrons. The number of rotatable bonds is 3. The fraction of sp³-hybridized carbons (Fsp3) is 0.533. The summed E-state index contributed by atoms with van der Waals surface area (Å²) in [6, 6.07) is 5.63. The molecule has 1 aliphatic rings. The summed E-state index contributed by atoms with van der Waals surface area (Å²) in [5, 5.41) is 9.79. The van der Waals surface area contributed by atoms with E-state index in [1.54, 1.807) is 6.07 Å². The lowest BCUT2D eigenvalue weighted by molar-refractivity contribution is -0.132. The van der Waals surface area contributed by atoms with Crippen molar-refractivity contribution in [2.24, 2.45) is 0 Å². The lowest BCUT2D eigenvalue weighted by atomic mass is 10.0. The van der Waals surface area contributed by atoms with Crippen LogP contribution >= 0.6 is 0 Å². The number of benzene rings is 1. The van der Waals surface area contributed by atoms with Gasteiger partial charge in [0.25, 0.3) is 0 Å². The van der Waals surface area contributed by atoms with E-state index >= 15 is 0 Å². The number of phenolic OH excluding ortho intramolecular Hbond substituents is 1. The number of aromatic hydroxyl groups is 1. The molecular weight excluding hydrogens is 226 g/mol. The van der Waals surface area contributed by atoms with Crippen LogP contribution in [0.4, 0.5) is 0 Å². The number of carbonyl (C=O) groups is 1. The molecule has 1 heterocycles. The van der Waals surface area contributed by atoms with Gasteiger partial charge >= 0.3 is 0 Å². The van der Waals surface area contributed by atoms with Crippen molar-refractivity contribution in [1.82, 2.24) is 4.90 Å². The molecule has 3 heteroatoms. The van der Waals surface area contributed by atoms with Crippen molar-refractivity contribution in [2.75, 3.05) is 13.1 Å². The van der Waals surface area contributed by atoms with Gasteiger partial charge in [0.1, 0.15) is 5.75 Å². The van der Waals surface area contributed by atoms with Crippen LogP contribution in [0.2, 0.25) is 0 Å². The number of carbonyl (C=O) groups excluding carboxylic acids is 1. The normalized spacial score (nSPS) is 15.7. The maximum atomic E-state index is 12.0. The highest BCUT2D eigenvalue weighted by Crippen LogP contribution is 2.20. The lowest BCUT2D eigenvalue weighted by Gasteiger charge is -2.26. The first-order chi connectivity index (χ1) is 8.66. The molecule has 0 spiro atoms. The van der Waals surface area contributed by atoms with Crippen molar-refractivity contribution in [1.29, 1.82) is 0 Å². The number of phenols is 1. The van der Waals surface area contributed by atoms with Gasteiger partial charge in [0, 0.05) is 19.5 Å². The zero-order valence-corrected chi connectivity index (χ0v) is 11.0. The Morgan fingerprint density at radius 2 is 2.00 bits per heavy atom. The Bertz CT molecular complexity index is 423. The van der Waals surface area contributed by atoms with Crippen LogP contribution in [-0.2, 0) is 11.2 Å². The summed E-state index contributed by atoms with van der Waals surface area (Å²) in [5.74, 6) is 0.524. The second-order valence-electron chi connectivity index (χ2n) is 5.07. The highest BCUT2D eigenvalue weighted by atomic mass is 16.3. The van der Waals surface area contributed by atoms with E-state index in [0.717, 1.165) is 37.1 Å². The molecule has 0 saturated carbocycles. The van der Waals surface area contributed by atoms with Crippen LogP contribution in [-0.4, -0.2) is 29.0 Å². The maximum Gasteiger partial charge on any atom is 0.222 e. The Morgan fingerprint density at radius 3 is 2.67 bits per heavy atom. The number of nitrogens with zero attached hydrogens (tertiary/aromatic N) is 1. The average molecular weight is 247 g/mol. The minimum atomic E-state index is 0.217. The minimum Gasteiger partial charge on any atom is -0.508 e. The molecule has 0 bridgehead atoms. The molecular formula is C15H21NO2. The van der Waals surface area contributed by atoms with Crippen molar-refractivity contribution in [3.8, 4) is 5.75 Å². The quantitative estimate of drug-likeness (QED) is 0.892. The molecule has 1 amide bonds. The maximum absolute atomic E-state index is 12.0. The topological polar surface area (TPSA) is 40.5 Å². The first kappa shape index (κ1) is 12.9. The summed E-state index contributed by atoms with van der Waals surface area (Å²) in [4.78, 5) is 13.9. The molecule has 18 heavy (non-hydrogen) atoms. The smallest absolute Gasteiger partial charge is 0.222 e. The number of hydrogen-bond donors (Lipinski definition) is 1. The second kappa shape index (κ2) is 5.89. The van der Waals surface area contributed by atoms with E-state index in [4.69, 9.17) is 0 Å². The molecule has 1 aliphatic heterocycles. The van der Waals surface area contributed by atoms with E-state index in [2.05, 4.69) is 0 Å². The van der Waals surface area contributed by atoms with E-state index in [0.29, 0.717) is 18.6 Å². The molecule has 1 N–H and O–H groups in total. The molecule has 1 saturated heterocycles. The van der Waals surface area contributed by atoms with Gasteiger partial charge in [-0.1, -0.05) is 12.1 Å². The summed E-state index contributed by atoms with van der Waals surface area (Å²) in [6.07, 6.45) is 4.61. The SMILES string of the molecule is Cc1ccc(CCC(=O)N2CCCCC2)c(O)c1. The summed E-state index contributed by atoms with van der Waals surface area (Å²) >= 11 is 0. The molecule has 3 nitrogen and oxygen atoms in total. The summed E-state index contributed by atoms with van der Waals surface area (Å²) < 4.78 is 0. The summed E-state index contributed by atoms with van der Waals surface area (Å²) in [7, 11) is 0. The van der Waals surface area contributed by atoms with Gasteiger partial charge in [0.05, 0.1) is 0 Å². The number of aryl methyl sites for hydroxylation is 2. The van der Waals surface area contributed by atoms with Crippen molar-refractivity contribution in [3.63, 3.8) is 0 Å². The summed E-state index contributed by atoms with van der Waals surface area (Å²) in [5.41, 5.74) is 1.91. The van der Waals surface area contributed by atoms with Crippen molar-refractivity contribution in [3.05, 3.63) is 29.3 Å².